The second-order valence-electron chi connectivity index (χ2n) is 7.28. The van der Waals surface area contributed by atoms with Gasteiger partial charge in [0.25, 0.3) is 0 Å². The highest BCUT2D eigenvalue weighted by atomic mass is 32.2. The van der Waals surface area contributed by atoms with Gasteiger partial charge in [0.2, 0.25) is 10.0 Å². The van der Waals surface area contributed by atoms with E-state index in [0.29, 0.717) is 31.1 Å². The largest absolute Gasteiger partial charge is 0.497 e. The van der Waals surface area contributed by atoms with Crippen LogP contribution < -0.4 is 9.64 Å². The minimum Gasteiger partial charge on any atom is -0.497 e. The molecule has 30 heavy (non-hydrogen) atoms. The standard InChI is InChI=1S/C21H25N3O3S3/c1-14-15(2)29-21(22-14)19-13-20(16(3)28-19)30(25,26)24-11-9-23(10-12-24)17-5-7-18(27-4)8-6-17/h5-8,13H,9-12H2,1-4H3. The van der Waals surface area contributed by atoms with Crippen LogP contribution in [0.4, 0.5) is 5.69 Å². The van der Waals surface area contributed by atoms with Gasteiger partial charge in [-0.1, -0.05) is 0 Å². The van der Waals surface area contributed by atoms with Gasteiger partial charge in [0.15, 0.2) is 0 Å². The number of thiophene rings is 1. The summed E-state index contributed by atoms with van der Waals surface area (Å²) in [6.07, 6.45) is 0. The maximum Gasteiger partial charge on any atom is 0.244 e. The van der Waals surface area contributed by atoms with Crippen LogP contribution in [-0.4, -0.2) is 51.0 Å². The zero-order valence-electron chi connectivity index (χ0n) is 17.5. The number of rotatable bonds is 5. The van der Waals surface area contributed by atoms with Crippen molar-refractivity contribution < 1.29 is 13.2 Å². The summed E-state index contributed by atoms with van der Waals surface area (Å²) in [5.74, 6) is 0.814. The molecular weight excluding hydrogens is 438 g/mol. The maximum atomic E-state index is 13.3. The van der Waals surface area contributed by atoms with Crippen molar-refractivity contribution in [2.45, 2.75) is 25.7 Å². The number of benzene rings is 1. The van der Waals surface area contributed by atoms with Crippen molar-refractivity contribution >= 4 is 38.4 Å². The summed E-state index contributed by atoms with van der Waals surface area (Å²) in [6, 6.07) is 9.67. The van der Waals surface area contributed by atoms with Gasteiger partial charge in [-0.3, -0.25) is 0 Å². The molecule has 0 bridgehead atoms. The van der Waals surface area contributed by atoms with Crippen molar-refractivity contribution in [1.29, 1.82) is 0 Å². The smallest absolute Gasteiger partial charge is 0.244 e. The minimum absolute atomic E-state index is 0.408. The Labute approximate surface area is 185 Å². The Kier molecular flexibility index (Phi) is 5.89. The first-order valence-corrected chi connectivity index (χ1v) is 12.8. The summed E-state index contributed by atoms with van der Waals surface area (Å²) in [6.45, 7) is 8.15. The molecule has 0 unspecified atom stereocenters. The van der Waals surface area contributed by atoms with Gasteiger partial charge in [-0.2, -0.15) is 4.31 Å². The van der Waals surface area contributed by atoms with Gasteiger partial charge in [0.1, 0.15) is 10.8 Å². The van der Waals surface area contributed by atoms with Gasteiger partial charge in [-0.05, 0) is 51.1 Å². The molecule has 9 heteroatoms. The first-order chi connectivity index (χ1) is 14.3. The van der Waals surface area contributed by atoms with E-state index < -0.39 is 10.0 Å². The van der Waals surface area contributed by atoms with Crippen LogP contribution in [-0.2, 0) is 10.0 Å². The molecule has 6 nitrogen and oxygen atoms in total. The van der Waals surface area contributed by atoms with Crippen LogP contribution in [0.1, 0.15) is 15.4 Å². The highest BCUT2D eigenvalue weighted by Crippen LogP contribution is 2.37. The fraction of sp³-hybridized carbons (Fsp3) is 0.381. The van der Waals surface area contributed by atoms with E-state index in [2.05, 4.69) is 9.88 Å². The lowest BCUT2D eigenvalue weighted by Crippen LogP contribution is -2.48. The molecule has 0 atom stereocenters. The highest BCUT2D eigenvalue weighted by molar-refractivity contribution is 7.89. The van der Waals surface area contributed by atoms with Gasteiger partial charge in [-0.15, -0.1) is 22.7 Å². The minimum atomic E-state index is -3.53. The number of sulfonamides is 1. The topological polar surface area (TPSA) is 62.7 Å². The van der Waals surface area contributed by atoms with Gasteiger partial charge < -0.3 is 9.64 Å². The number of ether oxygens (including phenoxy) is 1. The number of hydrogen-bond acceptors (Lipinski definition) is 7. The number of methoxy groups -OCH3 is 1. The Morgan fingerprint density at radius 3 is 2.20 bits per heavy atom. The third-order valence-electron chi connectivity index (χ3n) is 5.41. The number of nitrogens with zero attached hydrogens (tertiary/aromatic N) is 3. The summed E-state index contributed by atoms with van der Waals surface area (Å²) >= 11 is 3.11. The van der Waals surface area contributed by atoms with Crippen LogP contribution in [0.5, 0.6) is 5.75 Å². The fourth-order valence-electron chi connectivity index (χ4n) is 3.52. The molecule has 1 aromatic carbocycles. The lowest BCUT2D eigenvalue weighted by molar-refractivity contribution is 0.384. The molecule has 2 aromatic heterocycles. The number of piperazine rings is 1. The zero-order valence-corrected chi connectivity index (χ0v) is 20.0. The number of aryl methyl sites for hydroxylation is 3. The van der Waals surface area contributed by atoms with E-state index in [4.69, 9.17) is 4.74 Å². The quantitative estimate of drug-likeness (QED) is 0.564. The summed E-state index contributed by atoms with van der Waals surface area (Å²) in [7, 11) is -1.88. The zero-order chi connectivity index (χ0) is 21.5. The van der Waals surface area contributed by atoms with Crippen molar-refractivity contribution in [3.63, 3.8) is 0 Å². The van der Waals surface area contributed by atoms with Crippen LogP contribution in [0.25, 0.3) is 9.88 Å². The first-order valence-electron chi connectivity index (χ1n) is 9.73. The molecule has 1 aliphatic heterocycles. The molecule has 4 rings (SSSR count). The van der Waals surface area contributed by atoms with E-state index >= 15 is 0 Å². The van der Waals surface area contributed by atoms with Crippen LogP contribution in [0.3, 0.4) is 0 Å². The molecule has 3 aromatic rings. The molecule has 160 valence electrons. The van der Waals surface area contributed by atoms with Gasteiger partial charge in [0, 0.05) is 41.6 Å². The summed E-state index contributed by atoms with van der Waals surface area (Å²) in [5.41, 5.74) is 2.08. The Morgan fingerprint density at radius 1 is 0.967 bits per heavy atom. The van der Waals surface area contributed by atoms with Crippen LogP contribution in [0.2, 0.25) is 0 Å². The highest BCUT2D eigenvalue weighted by Gasteiger charge is 2.31. The lowest BCUT2D eigenvalue weighted by Gasteiger charge is -2.35. The van der Waals surface area contributed by atoms with Gasteiger partial charge >= 0.3 is 0 Å². The second kappa shape index (κ2) is 8.30. The second-order valence-corrected chi connectivity index (χ2v) is 11.6. The summed E-state index contributed by atoms with van der Waals surface area (Å²) in [4.78, 5) is 10.1. The van der Waals surface area contributed by atoms with Crippen molar-refractivity contribution in [2.75, 3.05) is 38.2 Å². The van der Waals surface area contributed by atoms with Crippen LogP contribution >= 0.6 is 22.7 Å². The molecule has 0 radical (unpaired) electrons. The number of hydrogen-bond donors (Lipinski definition) is 0. The molecule has 0 amide bonds. The number of anilines is 1. The van der Waals surface area contributed by atoms with E-state index in [1.807, 2.05) is 45.0 Å². The predicted molar refractivity (Wildman–Crippen MR) is 124 cm³/mol. The lowest BCUT2D eigenvalue weighted by atomic mass is 10.2. The monoisotopic (exact) mass is 463 g/mol. The van der Waals surface area contributed by atoms with Crippen molar-refractivity contribution in [3.05, 3.63) is 45.8 Å². The van der Waals surface area contributed by atoms with E-state index in [1.54, 1.807) is 28.8 Å². The summed E-state index contributed by atoms with van der Waals surface area (Å²) < 4.78 is 33.5. The van der Waals surface area contributed by atoms with Gasteiger partial charge in [0.05, 0.1) is 22.6 Å². The molecule has 1 saturated heterocycles. The Hall–Kier alpha value is -1.94. The average molecular weight is 464 g/mol. The maximum absolute atomic E-state index is 13.3. The third kappa shape index (κ3) is 3.99. The van der Waals surface area contributed by atoms with Crippen LogP contribution in [0, 0.1) is 20.8 Å². The predicted octanol–water partition coefficient (Wildman–Crippen LogP) is 4.32. The van der Waals surface area contributed by atoms with Gasteiger partial charge in [-0.25, -0.2) is 13.4 Å². The fourth-order valence-corrected chi connectivity index (χ4v) is 7.47. The molecule has 1 aliphatic rings. The molecule has 0 saturated carbocycles. The summed E-state index contributed by atoms with van der Waals surface area (Å²) in [5, 5.41) is 0.892. The van der Waals surface area contributed by atoms with E-state index in [1.165, 1.54) is 11.3 Å². The number of thiazole rings is 1. The van der Waals surface area contributed by atoms with Crippen LogP contribution in [0.15, 0.2) is 35.2 Å². The Balaban J connectivity index is 1.50. The van der Waals surface area contributed by atoms with Crippen molar-refractivity contribution in [3.8, 4) is 15.6 Å². The molecular formula is C21H25N3O3S3. The number of aromatic nitrogens is 1. The van der Waals surface area contributed by atoms with Crippen molar-refractivity contribution in [1.82, 2.24) is 9.29 Å². The van der Waals surface area contributed by atoms with E-state index in [9.17, 15) is 8.42 Å². The molecule has 0 spiro atoms. The molecule has 0 aliphatic carbocycles. The van der Waals surface area contributed by atoms with E-state index in [0.717, 1.165) is 36.8 Å². The Morgan fingerprint density at radius 2 is 1.63 bits per heavy atom. The first kappa shape index (κ1) is 21.3. The van der Waals surface area contributed by atoms with Crippen molar-refractivity contribution in [2.24, 2.45) is 0 Å². The molecule has 1 fully saturated rings. The molecule has 3 heterocycles. The average Bonchev–Trinajstić information content (AvgIpc) is 3.31. The Bertz CT molecular complexity index is 1120. The van der Waals surface area contributed by atoms with E-state index in [-0.39, 0.29) is 0 Å². The SMILES string of the molecule is COc1ccc(N2CCN(S(=O)(=O)c3cc(-c4nc(C)c(C)s4)sc3C)CC2)cc1. The third-order valence-corrected chi connectivity index (χ3v) is 9.85. The normalized spacial score (nSPS) is 15.5. The molecule has 0 N–H and O–H groups in total.